The molecular formula is C9H8N4O3. The van der Waals surface area contributed by atoms with Crippen molar-refractivity contribution in [1.29, 1.82) is 0 Å². The zero-order valence-corrected chi connectivity index (χ0v) is 8.36. The van der Waals surface area contributed by atoms with Gasteiger partial charge in [0.05, 0.1) is 16.0 Å². The molecule has 0 aliphatic heterocycles. The zero-order valence-electron chi connectivity index (χ0n) is 8.36. The number of benzene rings is 1. The molecule has 0 atom stereocenters. The normalized spacial score (nSPS) is 11.3. The van der Waals surface area contributed by atoms with Crippen LogP contribution in [0.2, 0.25) is 0 Å². The lowest BCUT2D eigenvalue weighted by atomic mass is 10.3. The molecule has 0 amide bonds. The van der Waals surface area contributed by atoms with Gasteiger partial charge in [-0.15, -0.1) is 0 Å². The SMILES string of the molecule is Cn1c(C=NO)nc2cc([N+](=O)[O-])ccc21. The average Bonchev–Trinajstić information content (AvgIpc) is 2.56. The molecule has 1 aromatic carbocycles. The molecule has 1 heterocycles. The Labute approximate surface area is 89.8 Å². The molecule has 2 aromatic rings. The molecule has 0 unspecified atom stereocenters. The van der Waals surface area contributed by atoms with E-state index < -0.39 is 4.92 Å². The van der Waals surface area contributed by atoms with E-state index in [4.69, 9.17) is 5.21 Å². The van der Waals surface area contributed by atoms with Crippen LogP contribution in [-0.4, -0.2) is 25.9 Å². The van der Waals surface area contributed by atoms with Gasteiger partial charge in [0.1, 0.15) is 6.21 Å². The minimum absolute atomic E-state index is 0.0157. The summed E-state index contributed by atoms with van der Waals surface area (Å²) in [5.74, 6) is 0.429. The molecule has 0 fully saturated rings. The van der Waals surface area contributed by atoms with Gasteiger partial charge >= 0.3 is 0 Å². The van der Waals surface area contributed by atoms with Crippen molar-refractivity contribution in [3.63, 3.8) is 0 Å². The molecule has 0 saturated heterocycles. The third-order valence-corrected chi connectivity index (χ3v) is 2.28. The van der Waals surface area contributed by atoms with Gasteiger partial charge < -0.3 is 9.77 Å². The molecule has 0 spiro atoms. The Kier molecular flexibility index (Phi) is 2.28. The van der Waals surface area contributed by atoms with Crippen LogP contribution >= 0.6 is 0 Å². The highest BCUT2D eigenvalue weighted by molar-refractivity contribution is 5.85. The summed E-state index contributed by atoms with van der Waals surface area (Å²) < 4.78 is 1.68. The summed E-state index contributed by atoms with van der Waals surface area (Å²) in [6, 6.07) is 4.39. The first kappa shape index (κ1) is 10.1. The topological polar surface area (TPSA) is 93.5 Å². The number of rotatable bonds is 2. The fraction of sp³-hybridized carbons (Fsp3) is 0.111. The quantitative estimate of drug-likeness (QED) is 0.357. The molecule has 7 heteroatoms. The second-order valence-corrected chi connectivity index (χ2v) is 3.20. The van der Waals surface area contributed by atoms with Crippen molar-refractivity contribution in [1.82, 2.24) is 9.55 Å². The number of nitro groups is 1. The maximum atomic E-state index is 10.6. The summed E-state index contributed by atoms with van der Waals surface area (Å²) in [5, 5.41) is 21.9. The molecule has 1 N–H and O–H groups in total. The molecule has 7 nitrogen and oxygen atoms in total. The monoisotopic (exact) mass is 220 g/mol. The first-order valence-corrected chi connectivity index (χ1v) is 4.42. The van der Waals surface area contributed by atoms with Gasteiger partial charge in [0.25, 0.3) is 5.69 Å². The molecule has 1 aromatic heterocycles. The summed E-state index contributed by atoms with van der Waals surface area (Å²) in [7, 11) is 1.73. The average molecular weight is 220 g/mol. The van der Waals surface area contributed by atoms with E-state index in [0.29, 0.717) is 11.3 Å². The molecule has 0 aliphatic carbocycles. The highest BCUT2D eigenvalue weighted by Crippen LogP contribution is 2.20. The lowest BCUT2D eigenvalue weighted by Crippen LogP contribution is -1.95. The maximum absolute atomic E-state index is 10.6. The van der Waals surface area contributed by atoms with Gasteiger partial charge in [-0.05, 0) is 6.07 Å². The van der Waals surface area contributed by atoms with E-state index in [1.807, 2.05) is 0 Å². The molecular weight excluding hydrogens is 212 g/mol. The van der Waals surface area contributed by atoms with E-state index >= 15 is 0 Å². The lowest BCUT2D eigenvalue weighted by molar-refractivity contribution is -0.384. The Bertz CT molecular complexity index is 588. The van der Waals surface area contributed by atoms with Gasteiger partial charge in [0, 0.05) is 19.2 Å². The fourth-order valence-electron chi connectivity index (χ4n) is 1.49. The Morgan fingerprint density at radius 2 is 2.38 bits per heavy atom. The number of hydrogen-bond donors (Lipinski definition) is 1. The number of imidazole rings is 1. The Balaban J connectivity index is 2.67. The number of hydrogen-bond acceptors (Lipinski definition) is 5. The van der Waals surface area contributed by atoms with Gasteiger partial charge in [-0.1, -0.05) is 5.16 Å². The summed E-state index contributed by atoms with van der Waals surface area (Å²) in [6.07, 6.45) is 1.17. The van der Waals surface area contributed by atoms with Crippen molar-refractivity contribution in [3.05, 3.63) is 34.1 Å². The van der Waals surface area contributed by atoms with Crippen molar-refractivity contribution in [2.75, 3.05) is 0 Å². The second kappa shape index (κ2) is 3.61. The maximum Gasteiger partial charge on any atom is 0.271 e. The summed E-state index contributed by atoms with van der Waals surface area (Å²) in [4.78, 5) is 14.2. The number of oxime groups is 1. The molecule has 0 saturated carbocycles. The molecule has 2 rings (SSSR count). The number of nitro benzene ring substituents is 1. The molecule has 82 valence electrons. The van der Waals surface area contributed by atoms with E-state index in [1.165, 1.54) is 18.3 Å². The predicted octanol–water partition coefficient (Wildman–Crippen LogP) is 1.29. The van der Waals surface area contributed by atoms with Crippen LogP contribution in [0.4, 0.5) is 5.69 Å². The van der Waals surface area contributed by atoms with Gasteiger partial charge in [0.2, 0.25) is 0 Å². The fourth-order valence-corrected chi connectivity index (χ4v) is 1.49. The predicted molar refractivity (Wildman–Crippen MR) is 56.7 cm³/mol. The third-order valence-electron chi connectivity index (χ3n) is 2.28. The Morgan fingerprint density at radius 3 is 3.00 bits per heavy atom. The largest absolute Gasteiger partial charge is 0.411 e. The van der Waals surface area contributed by atoms with Crippen LogP contribution in [0.25, 0.3) is 11.0 Å². The smallest absolute Gasteiger partial charge is 0.271 e. The van der Waals surface area contributed by atoms with Crippen LogP contribution in [0.3, 0.4) is 0 Å². The van der Waals surface area contributed by atoms with Crippen LogP contribution in [0.1, 0.15) is 5.82 Å². The molecule has 0 radical (unpaired) electrons. The van der Waals surface area contributed by atoms with Crippen LogP contribution in [0.5, 0.6) is 0 Å². The highest BCUT2D eigenvalue weighted by atomic mass is 16.6. The number of non-ortho nitro benzene ring substituents is 1. The number of fused-ring (bicyclic) bond motifs is 1. The van der Waals surface area contributed by atoms with Crippen molar-refractivity contribution >= 4 is 22.9 Å². The first-order chi connectivity index (χ1) is 7.63. The summed E-state index contributed by atoms with van der Waals surface area (Å²) >= 11 is 0. The van der Waals surface area contributed by atoms with E-state index in [-0.39, 0.29) is 5.69 Å². The Morgan fingerprint density at radius 1 is 1.62 bits per heavy atom. The van der Waals surface area contributed by atoms with Crippen LogP contribution in [0.15, 0.2) is 23.4 Å². The van der Waals surface area contributed by atoms with Crippen molar-refractivity contribution < 1.29 is 10.1 Å². The standard InChI is InChI=1S/C9H8N4O3/c1-12-8-3-2-6(13(15)16)4-7(8)11-9(12)5-10-14/h2-5,14H,1H3. The zero-order chi connectivity index (χ0) is 11.7. The number of aromatic nitrogens is 2. The van der Waals surface area contributed by atoms with Crippen LogP contribution < -0.4 is 0 Å². The van der Waals surface area contributed by atoms with Crippen LogP contribution in [-0.2, 0) is 7.05 Å². The van der Waals surface area contributed by atoms with Crippen molar-refractivity contribution in [2.45, 2.75) is 0 Å². The van der Waals surface area contributed by atoms with Crippen molar-refractivity contribution in [3.8, 4) is 0 Å². The van der Waals surface area contributed by atoms with Gasteiger partial charge in [-0.2, -0.15) is 0 Å². The first-order valence-electron chi connectivity index (χ1n) is 4.42. The van der Waals surface area contributed by atoms with Crippen molar-refractivity contribution in [2.24, 2.45) is 12.2 Å². The van der Waals surface area contributed by atoms with Gasteiger partial charge in [-0.25, -0.2) is 4.98 Å². The number of nitrogens with zero attached hydrogens (tertiary/aromatic N) is 4. The third kappa shape index (κ3) is 1.48. The summed E-state index contributed by atoms with van der Waals surface area (Å²) in [5.41, 5.74) is 1.21. The molecule has 0 aliphatic rings. The van der Waals surface area contributed by atoms with E-state index in [9.17, 15) is 10.1 Å². The second-order valence-electron chi connectivity index (χ2n) is 3.20. The lowest BCUT2D eigenvalue weighted by Gasteiger charge is -1.95. The number of aryl methyl sites for hydroxylation is 1. The van der Waals surface area contributed by atoms with Crippen LogP contribution in [0, 0.1) is 10.1 Å². The van der Waals surface area contributed by atoms with Gasteiger partial charge in [0.15, 0.2) is 5.82 Å². The van der Waals surface area contributed by atoms with E-state index in [1.54, 1.807) is 17.7 Å². The van der Waals surface area contributed by atoms with E-state index in [2.05, 4.69) is 10.1 Å². The van der Waals surface area contributed by atoms with E-state index in [0.717, 1.165) is 5.52 Å². The minimum atomic E-state index is -0.478. The van der Waals surface area contributed by atoms with Gasteiger partial charge in [-0.3, -0.25) is 10.1 Å². The highest BCUT2D eigenvalue weighted by Gasteiger charge is 2.11. The molecule has 16 heavy (non-hydrogen) atoms. The summed E-state index contributed by atoms with van der Waals surface area (Å²) in [6.45, 7) is 0. The molecule has 0 bridgehead atoms. The Hall–Kier alpha value is -2.44. The minimum Gasteiger partial charge on any atom is -0.411 e.